The van der Waals surface area contributed by atoms with Crippen molar-refractivity contribution in [2.75, 3.05) is 19.1 Å². The van der Waals surface area contributed by atoms with E-state index >= 15 is 0 Å². The molecule has 4 rings (SSSR count). The second-order valence-electron chi connectivity index (χ2n) is 6.56. The highest BCUT2D eigenvalue weighted by molar-refractivity contribution is 7.22. The standard InChI is InChI=1S/C21H18ClN5O3S/c1-12-8-13(22)9-16-18(12)26-21(31-16)27(11-14-6-4-5-7-23-14)19(28)15-10-17(29-2)25-20(24-15)30-3/h4-10H,11H2,1-3H3. The maximum atomic E-state index is 13.6. The van der Waals surface area contributed by atoms with Crippen LogP contribution in [0.2, 0.25) is 5.02 Å². The van der Waals surface area contributed by atoms with Crippen molar-refractivity contribution in [1.82, 2.24) is 19.9 Å². The lowest BCUT2D eigenvalue weighted by Gasteiger charge is -2.19. The number of fused-ring (bicyclic) bond motifs is 1. The number of halogens is 1. The van der Waals surface area contributed by atoms with Gasteiger partial charge in [-0.3, -0.25) is 14.7 Å². The fourth-order valence-corrected chi connectivity index (χ4v) is 4.40. The molecular formula is C21H18ClN5O3S. The third-order valence-corrected chi connectivity index (χ3v) is 5.70. The molecule has 8 nitrogen and oxygen atoms in total. The van der Waals surface area contributed by atoms with Crippen molar-refractivity contribution < 1.29 is 14.3 Å². The van der Waals surface area contributed by atoms with E-state index in [0.29, 0.717) is 15.8 Å². The number of carbonyl (C=O) groups excluding carboxylic acids is 1. The molecule has 4 aromatic rings. The van der Waals surface area contributed by atoms with Gasteiger partial charge in [0.15, 0.2) is 5.13 Å². The van der Waals surface area contributed by atoms with Crippen LogP contribution in [0.5, 0.6) is 11.9 Å². The summed E-state index contributed by atoms with van der Waals surface area (Å²) in [6, 6.07) is 10.7. The highest BCUT2D eigenvalue weighted by Crippen LogP contribution is 2.34. The Balaban J connectivity index is 1.82. The van der Waals surface area contributed by atoms with E-state index in [0.717, 1.165) is 15.8 Å². The molecule has 0 spiro atoms. The minimum atomic E-state index is -0.382. The van der Waals surface area contributed by atoms with Gasteiger partial charge in [-0.25, -0.2) is 4.98 Å². The second kappa shape index (κ2) is 8.83. The Bertz CT molecular complexity index is 1230. The van der Waals surface area contributed by atoms with Gasteiger partial charge in [0.2, 0.25) is 5.88 Å². The number of aromatic nitrogens is 4. The predicted molar refractivity (Wildman–Crippen MR) is 119 cm³/mol. The van der Waals surface area contributed by atoms with Crippen molar-refractivity contribution in [3.63, 3.8) is 0 Å². The SMILES string of the molecule is COc1cc(C(=O)N(Cc2ccccn2)c2nc3c(C)cc(Cl)cc3s2)nc(OC)n1. The highest BCUT2D eigenvalue weighted by Gasteiger charge is 2.25. The summed E-state index contributed by atoms with van der Waals surface area (Å²) >= 11 is 7.58. The number of ether oxygens (including phenoxy) is 2. The molecular weight excluding hydrogens is 438 g/mol. The van der Waals surface area contributed by atoms with Gasteiger partial charge in [0.05, 0.1) is 36.7 Å². The van der Waals surface area contributed by atoms with Gasteiger partial charge in [-0.1, -0.05) is 29.0 Å². The number of hydrogen-bond acceptors (Lipinski definition) is 8. The molecule has 0 aliphatic rings. The molecule has 0 bridgehead atoms. The minimum Gasteiger partial charge on any atom is -0.481 e. The van der Waals surface area contributed by atoms with Gasteiger partial charge in [0.1, 0.15) is 5.69 Å². The number of thiazole rings is 1. The molecule has 10 heteroatoms. The maximum absolute atomic E-state index is 13.6. The van der Waals surface area contributed by atoms with E-state index in [1.807, 2.05) is 37.3 Å². The van der Waals surface area contributed by atoms with Crippen LogP contribution in [0.1, 0.15) is 21.7 Å². The van der Waals surface area contributed by atoms with Crippen LogP contribution in [0.25, 0.3) is 10.2 Å². The first-order valence-corrected chi connectivity index (χ1v) is 10.4. The molecule has 1 amide bonds. The monoisotopic (exact) mass is 455 g/mol. The summed E-state index contributed by atoms with van der Waals surface area (Å²) in [5.74, 6) is -0.160. The van der Waals surface area contributed by atoms with E-state index in [1.165, 1.54) is 36.5 Å². The van der Waals surface area contributed by atoms with Gasteiger partial charge >= 0.3 is 6.01 Å². The van der Waals surface area contributed by atoms with Crippen LogP contribution in [0, 0.1) is 6.92 Å². The van der Waals surface area contributed by atoms with Crippen molar-refractivity contribution in [1.29, 1.82) is 0 Å². The van der Waals surface area contributed by atoms with E-state index < -0.39 is 0 Å². The first-order valence-electron chi connectivity index (χ1n) is 9.24. The number of rotatable bonds is 6. The Kier molecular flexibility index (Phi) is 5.97. The zero-order chi connectivity index (χ0) is 22.0. The second-order valence-corrected chi connectivity index (χ2v) is 8.01. The molecule has 3 heterocycles. The smallest absolute Gasteiger partial charge is 0.320 e. The van der Waals surface area contributed by atoms with Gasteiger partial charge in [-0.2, -0.15) is 9.97 Å². The number of pyridine rings is 1. The lowest BCUT2D eigenvalue weighted by molar-refractivity contribution is 0.0978. The van der Waals surface area contributed by atoms with Crippen molar-refractivity contribution in [3.8, 4) is 11.9 Å². The molecule has 31 heavy (non-hydrogen) atoms. The lowest BCUT2D eigenvalue weighted by atomic mass is 10.2. The van der Waals surface area contributed by atoms with Gasteiger partial charge in [-0.15, -0.1) is 0 Å². The van der Waals surface area contributed by atoms with Crippen LogP contribution >= 0.6 is 22.9 Å². The van der Waals surface area contributed by atoms with Crippen LogP contribution in [-0.2, 0) is 6.54 Å². The predicted octanol–water partition coefficient (Wildman–Crippen LogP) is 4.31. The summed E-state index contributed by atoms with van der Waals surface area (Å²) in [6.07, 6.45) is 1.68. The molecule has 0 atom stereocenters. The van der Waals surface area contributed by atoms with Gasteiger partial charge < -0.3 is 9.47 Å². The Hall–Kier alpha value is -3.30. The third-order valence-electron chi connectivity index (χ3n) is 4.45. The summed E-state index contributed by atoms with van der Waals surface area (Å²) in [4.78, 5) is 32.4. The normalized spacial score (nSPS) is 10.8. The Morgan fingerprint density at radius 1 is 1.13 bits per heavy atom. The Morgan fingerprint density at radius 2 is 1.97 bits per heavy atom. The van der Waals surface area contributed by atoms with E-state index in [2.05, 4.69) is 15.0 Å². The summed E-state index contributed by atoms with van der Waals surface area (Å²) in [5.41, 5.74) is 2.55. The molecule has 158 valence electrons. The fourth-order valence-electron chi connectivity index (χ4n) is 2.99. The maximum Gasteiger partial charge on any atom is 0.320 e. The van der Waals surface area contributed by atoms with Crippen LogP contribution in [0.3, 0.4) is 0 Å². The zero-order valence-electron chi connectivity index (χ0n) is 17.0. The lowest BCUT2D eigenvalue weighted by Crippen LogP contribution is -2.31. The number of benzene rings is 1. The van der Waals surface area contributed by atoms with Crippen molar-refractivity contribution in [3.05, 3.63) is 64.6 Å². The topological polar surface area (TPSA) is 90.3 Å². The van der Waals surface area contributed by atoms with E-state index in [1.54, 1.807) is 6.20 Å². The summed E-state index contributed by atoms with van der Waals surface area (Å²) in [7, 11) is 2.89. The minimum absolute atomic E-state index is 0.0346. The number of amides is 1. The number of carbonyl (C=O) groups is 1. The first-order chi connectivity index (χ1) is 15.0. The molecule has 0 saturated heterocycles. The molecule has 0 aliphatic heterocycles. The summed E-state index contributed by atoms with van der Waals surface area (Å²) < 4.78 is 11.2. The average Bonchev–Trinajstić information content (AvgIpc) is 3.21. The van der Waals surface area contributed by atoms with Gasteiger partial charge in [0.25, 0.3) is 5.91 Å². The van der Waals surface area contributed by atoms with E-state index in [-0.39, 0.29) is 30.0 Å². The Labute approximate surface area is 187 Å². The number of anilines is 1. The number of nitrogens with zero attached hydrogens (tertiary/aromatic N) is 5. The van der Waals surface area contributed by atoms with Crippen molar-refractivity contribution in [2.24, 2.45) is 0 Å². The number of methoxy groups -OCH3 is 2. The first kappa shape index (κ1) is 21.0. The molecule has 0 fully saturated rings. The van der Waals surface area contributed by atoms with Crippen LogP contribution in [0.15, 0.2) is 42.6 Å². The summed E-state index contributed by atoms with van der Waals surface area (Å²) in [5, 5.41) is 1.13. The van der Waals surface area contributed by atoms with Crippen LogP contribution in [-0.4, -0.2) is 40.1 Å². The third kappa shape index (κ3) is 4.42. The van der Waals surface area contributed by atoms with Gasteiger partial charge in [0, 0.05) is 17.3 Å². The zero-order valence-corrected chi connectivity index (χ0v) is 18.6. The fraction of sp³-hybridized carbons (Fsp3) is 0.190. The van der Waals surface area contributed by atoms with E-state index in [9.17, 15) is 4.79 Å². The van der Waals surface area contributed by atoms with Crippen molar-refractivity contribution >= 4 is 44.2 Å². The Morgan fingerprint density at radius 3 is 2.68 bits per heavy atom. The van der Waals surface area contributed by atoms with Crippen LogP contribution in [0.4, 0.5) is 5.13 Å². The average molecular weight is 456 g/mol. The molecule has 3 aromatic heterocycles. The number of hydrogen-bond donors (Lipinski definition) is 0. The summed E-state index contributed by atoms with van der Waals surface area (Å²) in [6.45, 7) is 2.14. The van der Waals surface area contributed by atoms with Crippen LogP contribution < -0.4 is 14.4 Å². The highest BCUT2D eigenvalue weighted by atomic mass is 35.5. The van der Waals surface area contributed by atoms with Gasteiger partial charge in [-0.05, 0) is 36.8 Å². The largest absolute Gasteiger partial charge is 0.481 e. The van der Waals surface area contributed by atoms with E-state index in [4.69, 9.17) is 26.1 Å². The molecule has 0 saturated carbocycles. The molecule has 1 aromatic carbocycles. The quantitative estimate of drug-likeness (QED) is 0.428. The molecule has 0 unspecified atom stereocenters. The van der Waals surface area contributed by atoms with Crippen molar-refractivity contribution in [2.45, 2.75) is 13.5 Å². The molecule has 0 N–H and O–H groups in total. The molecule has 0 aliphatic carbocycles. The number of aryl methyl sites for hydroxylation is 1. The molecule has 0 radical (unpaired) electrons.